The molecule has 3 N–H and O–H groups in total. The quantitative estimate of drug-likeness (QED) is 0.720. The first-order valence-electron chi connectivity index (χ1n) is 7.03. The van der Waals surface area contributed by atoms with Crippen molar-refractivity contribution < 1.29 is 4.74 Å². The monoisotopic (exact) mass is 242 g/mol. The second kappa shape index (κ2) is 5.68. The van der Waals surface area contributed by atoms with Crippen molar-refractivity contribution in [2.24, 2.45) is 11.1 Å². The summed E-state index contributed by atoms with van der Waals surface area (Å²) >= 11 is 0. The van der Waals surface area contributed by atoms with E-state index < -0.39 is 0 Å². The second-order valence-corrected chi connectivity index (χ2v) is 6.00. The van der Waals surface area contributed by atoms with E-state index in [9.17, 15) is 0 Å². The molecule has 0 saturated heterocycles. The van der Waals surface area contributed by atoms with E-state index >= 15 is 0 Å². The summed E-state index contributed by atoms with van der Waals surface area (Å²) in [5.74, 6) is 0. The maximum absolute atomic E-state index is 6.31. The minimum Gasteiger partial charge on any atom is -0.378 e. The van der Waals surface area contributed by atoms with Gasteiger partial charge in [0, 0.05) is 30.1 Å². The van der Waals surface area contributed by atoms with Crippen molar-refractivity contribution in [2.45, 2.75) is 71.6 Å². The largest absolute Gasteiger partial charge is 0.378 e. The molecule has 0 radical (unpaired) electrons. The molecule has 102 valence electrons. The molecule has 0 aromatic rings. The van der Waals surface area contributed by atoms with E-state index in [1.54, 1.807) is 0 Å². The molecule has 1 fully saturated rings. The van der Waals surface area contributed by atoms with E-state index in [0.717, 1.165) is 32.4 Å². The van der Waals surface area contributed by atoms with Gasteiger partial charge in [0.25, 0.3) is 0 Å². The summed E-state index contributed by atoms with van der Waals surface area (Å²) in [6.07, 6.45) is 3.57. The highest BCUT2D eigenvalue weighted by Crippen LogP contribution is 2.42. The number of hydrogen-bond acceptors (Lipinski definition) is 3. The van der Waals surface area contributed by atoms with Gasteiger partial charge in [-0.2, -0.15) is 0 Å². The Bertz CT molecular complexity index is 236. The van der Waals surface area contributed by atoms with Crippen LogP contribution in [0.3, 0.4) is 0 Å². The molecule has 2 unspecified atom stereocenters. The third-order valence-corrected chi connectivity index (χ3v) is 4.65. The zero-order chi connectivity index (χ0) is 13.1. The molecule has 3 heteroatoms. The number of nitrogens with two attached hydrogens (primary N) is 1. The summed E-state index contributed by atoms with van der Waals surface area (Å²) in [6.45, 7) is 12.7. The SMILES string of the molecule is CCOC1CC(NCC(N)(CC)CC)C1(C)C. The van der Waals surface area contributed by atoms with E-state index in [-0.39, 0.29) is 11.0 Å². The molecule has 0 spiro atoms. The molecule has 0 aliphatic heterocycles. The van der Waals surface area contributed by atoms with Crippen molar-refractivity contribution in [3.8, 4) is 0 Å². The van der Waals surface area contributed by atoms with Crippen molar-refractivity contribution in [2.75, 3.05) is 13.2 Å². The highest BCUT2D eigenvalue weighted by atomic mass is 16.5. The first-order valence-corrected chi connectivity index (χ1v) is 7.03. The van der Waals surface area contributed by atoms with E-state index in [4.69, 9.17) is 10.5 Å². The molecular weight excluding hydrogens is 212 g/mol. The molecule has 0 aromatic carbocycles. The maximum Gasteiger partial charge on any atom is 0.0655 e. The van der Waals surface area contributed by atoms with Crippen LogP contribution in [0, 0.1) is 5.41 Å². The van der Waals surface area contributed by atoms with Gasteiger partial charge >= 0.3 is 0 Å². The zero-order valence-electron chi connectivity index (χ0n) is 12.2. The molecular formula is C14H30N2O. The fraction of sp³-hybridized carbons (Fsp3) is 1.00. The summed E-state index contributed by atoms with van der Waals surface area (Å²) in [7, 11) is 0. The van der Waals surface area contributed by atoms with Gasteiger partial charge in [0.2, 0.25) is 0 Å². The summed E-state index contributed by atoms with van der Waals surface area (Å²) in [4.78, 5) is 0. The van der Waals surface area contributed by atoms with E-state index in [0.29, 0.717) is 12.1 Å². The summed E-state index contributed by atoms with van der Waals surface area (Å²) in [6, 6.07) is 0.542. The number of ether oxygens (including phenoxy) is 1. The van der Waals surface area contributed by atoms with Crippen LogP contribution in [0.4, 0.5) is 0 Å². The molecule has 3 nitrogen and oxygen atoms in total. The van der Waals surface area contributed by atoms with Gasteiger partial charge in [0.15, 0.2) is 0 Å². The summed E-state index contributed by atoms with van der Waals surface area (Å²) < 4.78 is 5.74. The molecule has 0 bridgehead atoms. The van der Waals surface area contributed by atoms with Gasteiger partial charge < -0.3 is 15.8 Å². The topological polar surface area (TPSA) is 47.3 Å². The molecule has 0 aromatic heterocycles. The Labute approximate surface area is 106 Å². The molecule has 2 atom stereocenters. The van der Waals surface area contributed by atoms with Crippen LogP contribution in [0.1, 0.15) is 53.9 Å². The third kappa shape index (κ3) is 3.21. The average molecular weight is 242 g/mol. The lowest BCUT2D eigenvalue weighted by atomic mass is 9.64. The fourth-order valence-electron chi connectivity index (χ4n) is 2.54. The number of nitrogens with one attached hydrogen (secondary N) is 1. The molecule has 0 amide bonds. The highest BCUT2D eigenvalue weighted by molar-refractivity contribution is 5.03. The van der Waals surface area contributed by atoms with Crippen LogP contribution in [0.2, 0.25) is 0 Å². The van der Waals surface area contributed by atoms with E-state index in [2.05, 4.69) is 39.9 Å². The van der Waals surface area contributed by atoms with Crippen LogP contribution >= 0.6 is 0 Å². The minimum absolute atomic E-state index is 0.0488. The second-order valence-electron chi connectivity index (χ2n) is 6.00. The van der Waals surface area contributed by atoms with Crippen molar-refractivity contribution in [3.63, 3.8) is 0 Å². The molecule has 1 aliphatic carbocycles. The fourth-order valence-corrected chi connectivity index (χ4v) is 2.54. The molecule has 1 rings (SSSR count). The highest BCUT2D eigenvalue weighted by Gasteiger charge is 2.48. The lowest BCUT2D eigenvalue weighted by Crippen LogP contribution is -2.63. The Hall–Kier alpha value is -0.120. The van der Waals surface area contributed by atoms with E-state index in [1.165, 1.54) is 0 Å². The summed E-state index contributed by atoms with van der Waals surface area (Å²) in [5.41, 5.74) is 6.50. The molecule has 1 aliphatic rings. The van der Waals surface area contributed by atoms with Gasteiger partial charge in [0.05, 0.1) is 6.10 Å². The lowest BCUT2D eigenvalue weighted by Gasteiger charge is -2.52. The van der Waals surface area contributed by atoms with Crippen LogP contribution in [0.5, 0.6) is 0 Å². The Kier molecular flexibility index (Phi) is 4.99. The number of hydrogen-bond donors (Lipinski definition) is 2. The van der Waals surface area contributed by atoms with Crippen molar-refractivity contribution in [1.29, 1.82) is 0 Å². The lowest BCUT2D eigenvalue weighted by molar-refractivity contribution is -0.114. The normalized spacial score (nSPS) is 27.9. The van der Waals surface area contributed by atoms with Gasteiger partial charge in [-0.05, 0) is 26.2 Å². The Morgan fingerprint density at radius 1 is 1.29 bits per heavy atom. The average Bonchev–Trinajstić information content (AvgIpc) is 2.32. The molecule has 0 heterocycles. The minimum atomic E-state index is -0.0488. The first kappa shape index (κ1) is 14.9. The van der Waals surface area contributed by atoms with Gasteiger partial charge in [-0.15, -0.1) is 0 Å². The summed E-state index contributed by atoms with van der Waals surface area (Å²) in [5, 5.41) is 3.64. The predicted molar refractivity (Wildman–Crippen MR) is 73.1 cm³/mol. The standard InChI is InChI=1S/C14H30N2O/c1-6-14(15,7-2)10-16-11-9-12(17-8-3)13(11,4)5/h11-12,16H,6-10,15H2,1-5H3. The predicted octanol–water partition coefficient (Wildman–Crippen LogP) is 2.30. The van der Waals surface area contributed by atoms with Crippen molar-refractivity contribution >= 4 is 0 Å². The zero-order valence-corrected chi connectivity index (χ0v) is 12.2. The third-order valence-electron chi connectivity index (χ3n) is 4.65. The number of rotatable bonds is 7. The Morgan fingerprint density at radius 2 is 1.88 bits per heavy atom. The van der Waals surface area contributed by atoms with Crippen LogP contribution in [0.25, 0.3) is 0 Å². The van der Waals surface area contributed by atoms with Gasteiger partial charge in [0.1, 0.15) is 0 Å². The van der Waals surface area contributed by atoms with Crippen LogP contribution in [-0.4, -0.2) is 30.8 Å². The van der Waals surface area contributed by atoms with Gasteiger partial charge in [-0.1, -0.05) is 27.7 Å². The van der Waals surface area contributed by atoms with Crippen molar-refractivity contribution in [3.05, 3.63) is 0 Å². The maximum atomic E-state index is 6.31. The van der Waals surface area contributed by atoms with Crippen LogP contribution in [0.15, 0.2) is 0 Å². The van der Waals surface area contributed by atoms with Gasteiger partial charge in [-0.25, -0.2) is 0 Å². The first-order chi connectivity index (χ1) is 7.89. The molecule has 17 heavy (non-hydrogen) atoms. The van der Waals surface area contributed by atoms with E-state index in [1.807, 2.05) is 0 Å². The van der Waals surface area contributed by atoms with Crippen LogP contribution < -0.4 is 11.1 Å². The Morgan fingerprint density at radius 3 is 2.29 bits per heavy atom. The van der Waals surface area contributed by atoms with Crippen LogP contribution in [-0.2, 0) is 4.74 Å². The Balaban J connectivity index is 2.40. The molecule has 1 saturated carbocycles. The smallest absolute Gasteiger partial charge is 0.0655 e. The van der Waals surface area contributed by atoms with Crippen molar-refractivity contribution in [1.82, 2.24) is 5.32 Å². The van der Waals surface area contributed by atoms with Gasteiger partial charge in [-0.3, -0.25) is 0 Å².